The molecule has 1 aliphatic heterocycles. The van der Waals surface area contributed by atoms with Crippen LogP contribution in [0.25, 0.3) is 0 Å². The van der Waals surface area contributed by atoms with Gasteiger partial charge in [-0.3, -0.25) is 4.79 Å². The summed E-state index contributed by atoms with van der Waals surface area (Å²) in [5.41, 5.74) is -0.517. The Labute approximate surface area is 90.4 Å². The van der Waals surface area contributed by atoms with Gasteiger partial charge in [0.25, 0.3) is 0 Å². The maximum atomic E-state index is 11.2. The van der Waals surface area contributed by atoms with Crippen LogP contribution in [-0.2, 0) is 14.3 Å². The first-order valence-electron chi connectivity index (χ1n) is 5.49. The lowest BCUT2D eigenvalue weighted by Gasteiger charge is -2.35. The van der Waals surface area contributed by atoms with Gasteiger partial charge in [0.2, 0.25) is 5.78 Å². The van der Waals surface area contributed by atoms with Crippen molar-refractivity contribution in [2.45, 2.75) is 39.2 Å². The third-order valence-corrected chi connectivity index (χ3v) is 3.06. The van der Waals surface area contributed by atoms with Crippen molar-refractivity contribution >= 4 is 11.8 Å². The van der Waals surface area contributed by atoms with Gasteiger partial charge in [0.05, 0.1) is 13.1 Å². The number of esters is 1. The lowest BCUT2D eigenvalue weighted by atomic mass is 9.83. The molecule has 1 aliphatic rings. The fraction of sp³-hybridized carbons (Fsp3) is 0.818. The molecule has 4 heteroatoms. The van der Waals surface area contributed by atoms with Crippen LogP contribution in [0.1, 0.15) is 33.6 Å². The number of hydrogen-bond donors (Lipinski definition) is 1. The number of nitrogens with two attached hydrogens (primary N) is 1. The number of quaternary nitrogens is 1. The molecule has 2 N–H and O–H groups in total. The minimum atomic E-state index is -0.713. The van der Waals surface area contributed by atoms with Crippen LogP contribution >= 0.6 is 0 Å². The number of Topliss-reactive ketones (excluding diaryl/α,β-unsaturated/α-hetero) is 1. The standard InChI is InChI=1S/C11H19NO3/c1-8(13)10(14)15-11(2,3)9-4-6-12-7-5-9/h9,12H,4-7H2,1-3H3/p+1. The summed E-state index contributed by atoms with van der Waals surface area (Å²) in [6, 6.07) is 0. The van der Waals surface area contributed by atoms with Crippen LogP contribution in [0.2, 0.25) is 0 Å². The fourth-order valence-electron chi connectivity index (χ4n) is 2.02. The second kappa shape index (κ2) is 4.75. The second-order valence-corrected chi connectivity index (χ2v) is 4.69. The highest BCUT2D eigenvalue weighted by atomic mass is 16.6. The minimum Gasteiger partial charge on any atom is -0.454 e. The summed E-state index contributed by atoms with van der Waals surface area (Å²) >= 11 is 0. The van der Waals surface area contributed by atoms with Crippen molar-refractivity contribution in [2.75, 3.05) is 13.1 Å². The number of ketones is 1. The molecule has 1 fully saturated rings. The minimum absolute atomic E-state index is 0.366. The zero-order chi connectivity index (χ0) is 11.5. The van der Waals surface area contributed by atoms with Crippen molar-refractivity contribution in [1.82, 2.24) is 0 Å². The van der Waals surface area contributed by atoms with Crippen LogP contribution in [0.3, 0.4) is 0 Å². The van der Waals surface area contributed by atoms with Crippen LogP contribution in [-0.4, -0.2) is 30.4 Å². The SMILES string of the molecule is CC(=O)C(=O)OC(C)(C)C1CC[NH2+]CC1. The van der Waals surface area contributed by atoms with Crippen molar-refractivity contribution in [2.24, 2.45) is 5.92 Å². The van der Waals surface area contributed by atoms with Gasteiger partial charge in [-0.25, -0.2) is 4.79 Å². The summed E-state index contributed by atoms with van der Waals surface area (Å²) in [6.45, 7) is 7.18. The Morgan fingerprint density at radius 3 is 2.27 bits per heavy atom. The molecule has 0 radical (unpaired) electrons. The van der Waals surface area contributed by atoms with E-state index in [4.69, 9.17) is 4.74 Å². The van der Waals surface area contributed by atoms with E-state index in [2.05, 4.69) is 5.32 Å². The second-order valence-electron chi connectivity index (χ2n) is 4.69. The molecule has 0 bridgehead atoms. The third kappa shape index (κ3) is 3.30. The summed E-state index contributed by atoms with van der Waals surface area (Å²) in [5, 5.41) is 2.26. The molecule has 0 unspecified atom stereocenters. The Morgan fingerprint density at radius 1 is 1.27 bits per heavy atom. The van der Waals surface area contributed by atoms with Gasteiger partial charge in [0, 0.05) is 25.7 Å². The predicted octanol–water partition coefficient (Wildman–Crippen LogP) is -0.129. The zero-order valence-corrected chi connectivity index (χ0v) is 9.71. The Balaban J connectivity index is 2.56. The van der Waals surface area contributed by atoms with Gasteiger partial charge >= 0.3 is 5.97 Å². The Morgan fingerprint density at radius 2 is 1.80 bits per heavy atom. The summed E-state index contributed by atoms with van der Waals surface area (Å²) < 4.78 is 5.24. The number of carbonyl (C=O) groups is 2. The van der Waals surface area contributed by atoms with E-state index in [0.29, 0.717) is 5.92 Å². The molecule has 0 amide bonds. The molecule has 15 heavy (non-hydrogen) atoms. The molecule has 0 aromatic carbocycles. The molecule has 0 aromatic rings. The van der Waals surface area contributed by atoms with E-state index in [1.807, 2.05) is 13.8 Å². The smallest absolute Gasteiger partial charge is 0.374 e. The molecule has 0 atom stereocenters. The Kier molecular flexibility index (Phi) is 3.85. The van der Waals surface area contributed by atoms with Gasteiger partial charge < -0.3 is 10.1 Å². The number of rotatable bonds is 3. The number of hydrogen-bond acceptors (Lipinski definition) is 3. The lowest BCUT2D eigenvalue weighted by molar-refractivity contribution is -0.665. The molecule has 86 valence electrons. The first-order valence-corrected chi connectivity index (χ1v) is 5.49. The average molecular weight is 214 g/mol. The van der Waals surface area contributed by atoms with E-state index < -0.39 is 17.4 Å². The molecule has 0 spiro atoms. The Hall–Kier alpha value is -0.900. The number of ether oxygens (including phenoxy) is 1. The van der Waals surface area contributed by atoms with Crippen molar-refractivity contribution in [1.29, 1.82) is 0 Å². The van der Waals surface area contributed by atoms with Crippen LogP contribution in [0, 0.1) is 5.92 Å². The van der Waals surface area contributed by atoms with Gasteiger partial charge in [0.15, 0.2) is 0 Å². The molecule has 1 saturated heterocycles. The van der Waals surface area contributed by atoms with Gasteiger partial charge in [-0.1, -0.05) is 0 Å². The third-order valence-electron chi connectivity index (χ3n) is 3.06. The van der Waals surface area contributed by atoms with E-state index in [-0.39, 0.29) is 0 Å². The summed E-state index contributed by atoms with van der Waals surface area (Å²) in [4.78, 5) is 22.0. The molecular formula is C11H20NO3+. The van der Waals surface area contributed by atoms with Crippen LogP contribution in [0.15, 0.2) is 0 Å². The van der Waals surface area contributed by atoms with Crippen molar-refractivity contribution in [3.05, 3.63) is 0 Å². The number of piperidine rings is 1. The molecule has 0 saturated carbocycles. The maximum Gasteiger partial charge on any atom is 0.374 e. The quantitative estimate of drug-likeness (QED) is 0.526. The normalized spacial score (nSPS) is 18.6. The highest BCUT2D eigenvalue weighted by molar-refractivity contribution is 6.32. The van der Waals surface area contributed by atoms with E-state index >= 15 is 0 Å². The molecular weight excluding hydrogens is 194 g/mol. The van der Waals surface area contributed by atoms with E-state index in [0.717, 1.165) is 25.9 Å². The average Bonchev–Trinajstić information content (AvgIpc) is 2.18. The molecule has 1 rings (SSSR count). The molecule has 0 aromatic heterocycles. The maximum absolute atomic E-state index is 11.2. The largest absolute Gasteiger partial charge is 0.454 e. The van der Waals surface area contributed by atoms with Crippen LogP contribution in [0.4, 0.5) is 0 Å². The van der Waals surface area contributed by atoms with E-state index in [1.54, 1.807) is 0 Å². The van der Waals surface area contributed by atoms with Crippen molar-refractivity contribution in [3.63, 3.8) is 0 Å². The summed E-state index contributed by atoms with van der Waals surface area (Å²) in [6.07, 6.45) is 2.08. The first-order chi connectivity index (χ1) is 6.93. The van der Waals surface area contributed by atoms with Gasteiger partial charge in [-0.05, 0) is 13.8 Å². The van der Waals surface area contributed by atoms with Gasteiger partial charge in [0.1, 0.15) is 5.60 Å². The van der Waals surface area contributed by atoms with E-state index in [9.17, 15) is 9.59 Å². The highest BCUT2D eigenvalue weighted by Crippen LogP contribution is 2.27. The zero-order valence-electron chi connectivity index (χ0n) is 9.71. The summed E-state index contributed by atoms with van der Waals surface area (Å²) in [7, 11) is 0. The van der Waals surface area contributed by atoms with Gasteiger partial charge in [-0.2, -0.15) is 0 Å². The lowest BCUT2D eigenvalue weighted by Crippen LogP contribution is -2.86. The first kappa shape index (κ1) is 12.2. The van der Waals surface area contributed by atoms with Crippen molar-refractivity contribution in [3.8, 4) is 0 Å². The van der Waals surface area contributed by atoms with E-state index in [1.165, 1.54) is 6.92 Å². The monoisotopic (exact) mass is 214 g/mol. The molecule has 1 heterocycles. The molecule has 0 aliphatic carbocycles. The molecule has 4 nitrogen and oxygen atoms in total. The number of carbonyl (C=O) groups excluding carboxylic acids is 2. The van der Waals surface area contributed by atoms with Crippen LogP contribution < -0.4 is 5.32 Å². The van der Waals surface area contributed by atoms with Crippen molar-refractivity contribution < 1.29 is 19.6 Å². The Bertz CT molecular complexity index is 255. The highest BCUT2D eigenvalue weighted by Gasteiger charge is 2.35. The predicted molar refractivity (Wildman–Crippen MR) is 55.2 cm³/mol. The summed E-state index contributed by atoms with van der Waals surface area (Å²) in [5.74, 6) is -0.870. The van der Waals surface area contributed by atoms with Gasteiger partial charge in [-0.15, -0.1) is 0 Å². The van der Waals surface area contributed by atoms with Crippen LogP contribution in [0.5, 0.6) is 0 Å². The topological polar surface area (TPSA) is 60.0 Å². The fourth-order valence-corrected chi connectivity index (χ4v) is 2.02.